The van der Waals surface area contributed by atoms with E-state index in [0.29, 0.717) is 17.0 Å². The predicted octanol–water partition coefficient (Wildman–Crippen LogP) is 2.40. The molecule has 0 radical (unpaired) electrons. The molecule has 0 saturated carbocycles. The number of amides is 1. The van der Waals surface area contributed by atoms with Crippen LogP contribution in [0.4, 0.5) is 13.2 Å². The van der Waals surface area contributed by atoms with Gasteiger partial charge in [-0.25, -0.2) is 0 Å². The highest BCUT2D eigenvalue weighted by Crippen LogP contribution is 2.38. The fraction of sp³-hybridized carbons (Fsp3) is 0.375. The van der Waals surface area contributed by atoms with Gasteiger partial charge in [-0.15, -0.1) is 0 Å². The lowest BCUT2D eigenvalue weighted by atomic mass is 9.93. The van der Waals surface area contributed by atoms with Gasteiger partial charge in [-0.05, 0) is 19.4 Å². The number of carbonyl (C=O) groups is 1. The Labute approximate surface area is 136 Å². The minimum absolute atomic E-state index is 0.177. The Kier molecular flexibility index (Phi) is 4.98. The molecule has 2 rings (SSSR count). The van der Waals surface area contributed by atoms with Crippen molar-refractivity contribution in [2.24, 2.45) is 0 Å². The molecule has 1 atom stereocenters. The summed E-state index contributed by atoms with van der Waals surface area (Å²) in [6, 6.07) is 6.63. The summed E-state index contributed by atoms with van der Waals surface area (Å²) in [5, 5.41) is 16.0. The maximum Gasteiger partial charge on any atom is 0.423 e. The highest BCUT2D eigenvalue weighted by Gasteiger charge is 2.55. The minimum Gasteiger partial charge on any atom is -0.375 e. The summed E-state index contributed by atoms with van der Waals surface area (Å²) in [6.07, 6.45) is -5.12. The highest BCUT2D eigenvalue weighted by atomic mass is 19.4. The average Bonchev–Trinajstić information content (AvgIpc) is 2.84. The van der Waals surface area contributed by atoms with E-state index in [0.717, 1.165) is 12.1 Å². The van der Waals surface area contributed by atoms with Crippen molar-refractivity contribution in [3.8, 4) is 0 Å². The first-order chi connectivity index (χ1) is 11.1. The Morgan fingerprint density at radius 1 is 1.25 bits per heavy atom. The standard InChI is InChI=1S/C16H17F3N2O3/c1-10-13(11(2)24-21-10)8-14(22)20-9-15(23,16(17,18)19)12-6-4-3-5-7-12/h3-7,23H,8-9H2,1-2H3,(H,20,22)/t15-/m1/s1. The van der Waals surface area contributed by atoms with E-state index in [9.17, 15) is 23.1 Å². The number of alkyl halides is 3. The summed E-state index contributed by atoms with van der Waals surface area (Å²) >= 11 is 0. The van der Waals surface area contributed by atoms with Crippen LogP contribution in [0.2, 0.25) is 0 Å². The Bertz CT molecular complexity index is 694. The number of hydrogen-bond acceptors (Lipinski definition) is 4. The van der Waals surface area contributed by atoms with Crippen LogP contribution in [0, 0.1) is 13.8 Å². The van der Waals surface area contributed by atoms with Crippen molar-refractivity contribution in [2.45, 2.75) is 32.0 Å². The molecule has 0 unspecified atom stereocenters. The number of aromatic nitrogens is 1. The van der Waals surface area contributed by atoms with Crippen LogP contribution in [0.1, 0.15) is 22.6 Å². The molecule has 1 amide bonds. The van der Waals surface area contributed by atoms with E-state index in [-0.39, 0.29) is 12.0 Å². The summed E-state index contributed by atoms with van der Waals surface area (Å²) < 4.78 is 44.9. The van der Waals surface area contributed by atoms with E-state index in [1.807, 2.05) is 0 Å². The zero-order valence-corrected chi connectivity index (χ0v) is 13.1. The lowest BCUT2D eigenvalue weighted by molar-refractivity contribution is -0.264. The van der Waals surface area contributed by atoms with Gasteiger partial charge in [0.1, 0.15) is 5.76 Å². The van der Waals surface area contributed by atoms with E-state index >= 15 is 0 Å². The number of rotatable bonds is 5. The van der Waals surface area contributed by atoms with Gasteiger partial charge >= 0.3 is 6.18 Å². The third-order valence-corrected chi connectivity index (χ3v) is 3.78. The zero-order valence-electron chi connectivity index (χ0n) is 13.1. The van der Waals surface area contributed by atoms with Gasteiger partial charge < -0.3 is 14.9 Å². The molecule has 2 N–H and O–H groups in total. The molecule has 8 heteroatoms. The van der Waals surface area contributed by atoms with Crippen LogP contribution < -0.4 is 5.32 Å². The topological polar surface area (TPSA) is 75.4 Å². The van der Waals surface area contributed by atoms with Crippen LogP contribution in [-0.2, 0) is 16.8 Å². The predicted molar refractivity (Wildman–Crippen MR) is 79.1 cm³/mol. The maximum atomic E-state index is 13.3. The molecule has 1 heterocycles. The Hall–Kier alpha value is -2.35. The van der Waals surface area contributed by atoms with Gasteiger partial charge in [0.05, 0.1) is 18.7 Å². The SMILES string of the molecule is Cc1noc(C)c1CC(=O)NC[C@@](O)(c1ccccc1)C(F)(F)F. The van der Waals surface area contributed by atoms with Crippen molar-refractivity contribution in [1.82, 2.24) is 10.5 Å². The second kappa shape index (κ2) is 6.64. The molecule has 0 saturated heterocycles. The summed E-state index contributed by atoms with van der Waals surface area (Å²) in [4.78, 5) is 12.0. The third kappa shape index (κ3) is 3.59. The summed E-state index contributed by atoms with van der Waals surface area (Å²) in [5.74, 6) is -0.236. The molecule has 1 aromatic heterocycles. The Balaban J connectivity index is 2.13. The summed E-state index contributed by atoms with van der Waals surface area (Å²) in [5.41, 5.74) is -2.49. The van der Waals surface area contributed by atoms with Gasteiger partial charge in [0.25, 0.3) is 0 Å². The Morgan fingerprint density at radius 3 is 2.38 bits per heavy atom. The number of nitrogens with one attached hydrogen (secondary N) is 1. The van der Waals surface area contributed by atoms with Crippen molar-refractivity contribution in [3.63, 3.8) is 0 Å². The monoisotopic (exact) mass is 342 g/mol. The van der Waals surface area contributed by atoms with Gasteiger partial charge in [0.15, 0.2) is 0 Å². The molecule has 24 heavy (non-hydrogen) atoms. The first kappa shape index (κ1) is 18.0. The molecule has 0 bridgehead atoms. The molecular weight excluding hydrogens is 325 g/mol. The van der Waals surface area contributed by atoms with E-state index < -0.39 is 24.2 Å². The fourth-order valence-electron chi connectivity index (χ4n) is 2.28. The van der Waals surface area contributed by atoms with Crippen molar-refractivity contribution in [2.75, 3.05) is 6.54 Å². The number of carbonyl (C=O) groups excluding carboxylic acids is 1. The maximum absolute atomic E-state index is 13.3. The van der Waals surface area contributed by atoms with Crippen LogP contribution >= 0.6 is 0 Å². The first-order valence-electron chi connectivity index (χ1n) is 7.18. The van der Waals surface area contributed by atoms with Gasteiger partial charge in [-0.2, -0.15) is 13.2 Å². The fourth-order valence-corrected chi connectivity index (χ4v) is 2.28. The molecule has 0 aliphatic rings. The van der Waals surface area contributed by atoms with Crippen LogP contribution in [0.3, 0.4) is 0 Å². The minimum atomic E-state index is -4.94. The van der Waals surface area contributed by atoms with Gasteiger partial charge in [-0.3, -0.25) is 4.79 Å². The van der Waals surface area contributed by atoms with E-state index in [4.69, 9.17) is 4.52 Å². The molecule has 130 valence electrons. The summed E-state index contributed by atoms with van der Waals surface area (Å²) in [6.45, 7) is 2.26. The number of aryl methyl sites for hydroxylation is 2. The zero-order chi connectivity index (χ0) is 18.0. The van der Waals surface area contributed by atoms with E-state index in [2.05, 4.69) is 10.5 Å². The molecule has 0 fully saturated rings. The normalized spacial score (nSPS) is 14.2. The number of nitrogens with zero attached hydrogens (tertiary/aromatic N) is 1. The molecule has 5 nitrogen and oxygen atoms in total. The van der Waals surface area contributed by atoms with Crippen molar-refractivity contribution in [3.05, 3.63) is 52.9 Å². The van der Waals surface area contributed by atoms with Crippen molar-refractivity contribution in [1.29, 1.82) is 0 Å². The van der Waals surface area contributed by atoms with E-state index in [1.54, 1.807) is 13.8 Å². The molecule has 2 aromatic rings. The number of aliphatic hydroxyl groups is 1. The molecular formula is C16H17F3N2O3. The second-order valence-corrected chi connectivity index (χ2v) is 5.48. The summed E-state index contributed by atoms with van der Waals surface area (Å²) in [7, 11) is 0. The number of benzene rings is 1. The van der Waals surface area contributed by atoms with Crippen LogP contribution in [-0.4, -0.2) is 28.9 Å². The smallest absolute Gasteiger partial charge is 0.375 e. The van der Waals surface area contributed by atoms with E-state index in [1.165, 1.54) is 18.2 Å². The lowest BCUT2D eigenvalue weighted by Crippen LogP contribution is -2.51. The third-order valence-electron chi connectivity index (χ3n) is 3.78. The first-order valence-corrected chi connectivity index (χ1v) is 7.18. The van der Waals surface area contributed by atoms with Crippen LogP contribution in [0.15, 0.2) is 34.9 Å². The molecule has 0 aliphatic carbocycles. The van der Waals surface area contributed by atoms with Gasteiger partial charge in [0, 0.05) is 5.56 Å². The van der Waals surface area contributed by atoms with Gasteiger partial charge in [0.2, 0.25) is 11.5 Å². The number of halogens is 3. The lowest BCUT2D eigenvalue weighted by Gasteiger charge is -2.31. The van der Waals surface area contributed by atoms with Crippen LogP contribution in [0.25, 0.3) is 0 Å². The molecule has 0 spiro atoms. The second-order valence-electron chi connectivity index (χ2n) is 5.48. The highest BCUT2D eigenvalue weighted by molar-refractivity contribution is 5.79. The Morgan fingerprint density at radius 2 is 1.88 bits per heavy atom. The van der Waals surface area contributed by atoms with Crippen molar-refractivity contribution >= 4 is 5.91 Å². The van der Waals surface area contributed by atoms with Crippen molar-refractivity contribution < 1.29 is 27.6 Å². The largest absolute Gasteiger partial charge is 0.423 e. The molecule has 0 aliphatic heterocycles. The van der Waals surface area contributed by atoms with Crippen LogP contribution in [0.5, 0.6) is 0 Å². The quantitative estimate of drug-likeness (QED) is 0.875. The number of hydrogen-bond donors (Lipinski definition) is 2. The average molecular weight is 342 g/mol. The molecule has 1 aromatic carbocycles. The van der Waals surface area contributed by atoms with Gasteiger partial charge in [-0.1, -0.05) is 35.5 Å².